The number of rotatable bonds is 7. The van der Waals surface area contributed by atoms with Gasteiger partial charge in [0.15, 0.2) is 0 Å². The molecule has 1 aliphatic rings. The molecule has 0 fully saturated rings. The molecule has 3 nitrogen and oxygen atoms in total. The fourth-order valence-electron chi connectivity index (χ4n) is 2.13. The molecular weight excluding hydrogens is 246 g/mol. The molecule has 98 valence electrons. The first kappa shape index (κ1) is 13.4. The van der Waals surface area contributed by atoms with Gasteiger partial charge in [-0.05, 0) is 29.7 Å². The van der Waals surface area contributed by atoms with Crippen molar-refractivity contribution in [2.45, 2.75) is 18.8 Å². The summed E-state index contributed by atoms with van der Waals surface area (Å²) in [4.78, 5) is 11.9. The lowest BCUT2D eigenvalue weighted by Gasteiger charge is -2.28. The highest BCUT2D eigenvalue weighted by molar-refractivity contribution is 7.99. The Labute approximate surface area is 112 Å². The van der Waals surface area contributed by atoms with Crippen LogP contribution in [0.4, 0.5) is 0 Å². The van der Waals surface area contributed by atoms with Crippen LogP contribution in [0.2, 0.25) is 0 Å². The van der Waals surface area contributed by atoms with Crippen molar-refractivity contribution in [1.29, 1.82) is 0 Å². The molecule has 1 amide bonds. The number of nitrogens with one attached hydrogen (secondary N) is 1. The number of carbonyl (C=O) groups excluding carboxylic acids is 1. The van der Waals surface area contributed by atoms with Crippen molar-refractivity contribution in [3.8, 4) is 0 Å². The largest absolute Gasteiger partial charge is 0.396 e. The molecule has 1 aliphatic carbocycles. The van der Waals surface area contributed by atoms with Crippen molar-refractivity contribution in [2.75, 3.05) is 24.7 Å². The van der Waals surface area contributed by atoms with Gasteiger partial charge >= 0.3 is 0 Å². The number of hydrogen-bond acceptors (Lipinski definition) is 3. The normalized spacial score (nSPS) is 16.8. The van der Waals surface area contributed by atoms with Crippen LogP contribution < -0.4 is 5.32 Å². The highest BCUT2D eigenvalue weighted by Crippen LogP contribution is 2.34. The maximum atomic E-state index is 11.9. The van der Waals surface area contributed by atoms with Crippen molar-refractivity contribution in [2.24, 2.45) is 0 Å². The Morgan fingerprint density at radius 1 is 1.39 bits per heavy atom. The first-order valence-electron chi connectivity index (χ1n) is 6.37. The van der Waals surface area contributed by atoms with Crippen LogP contribution in [0.25, 0.3) is 0 Å². The molecule has 0 saturated carbocycles. The fourth-order valence-corrected chi connectivity index (χ4v) is 2.91. The van der Waals surface area contributed by atoms with E-state index in [0.717, 1.165) is 24.3 Å². The lowest BCUT2D eigenvalue weighted by Crippen LogP contribution is -2.36. The monoisotopic (exact) mass is 265 g/mol. The first-order chi connectivity index (χ1) is 8.83. The van der Waals surface area contributed by atoms with Crippen molar-refractivity contribution in [3.63, 3.8) is 0 Å². The number of hydrogen-bond donors (Lipinski definition) is 2. The Bertz CT molecular complexity index is 409. The van der Waals surface area contributed by atoms with Gasteiger partial charge in [0.2, 0.25) is 5.91 Å². The van der Waals surface area contributed by atoms with Gasteiger partial charge in [-0.3, -0.25) is 4.79 Å². The van der Waals surface area contributed by atoms with Crippen LogP contribution >= 0.6 is 11.8 Å². The van der Waals surface area contributed by atoms with Crippen LogP contribution in [0.3, 0.4) is 0 Å². The Kier molecular flexibility index (Phi) is 5.08. The second-order valence-corrected chi connectivity index (χ2v) is 5.66. The van der Waals surface area contributed by atoms with Crippen LogP contribution in [0, 0.1) is 0 Å². The van der Waals surface area contributed by atoms with Crippen LogP contribution in [-0.2, 0) is 11.2 Å². The van der Waals surface area contributed by atoms with Crippen LogP contribution in [0.15, 0.2) is 24.3 Å². The van der Waals surface area contributed by atoms with Gasteiger partial charge < -0.3 is 10.4 Å². The summed E-state index contributed by atoms with van der Waals surface area (Å²) < 4.78 is 0. The molecule has 18 heavy (non-hydrogen) atoms. The number of aliphatic hydroxyl groups is 1. The molecule has 1 unspecified atom stereocenters. The zero-order valence-electron chi connectivity index (χ0n) is 10.4. The minimum absolute atomic E-state index is 0.0589. The molecule has 0 saturated heterocycles. The number of carbonyl (C=O) groups is 1. The van der Waals surface area contributed by atoms with E-state index in [2.05, 4.69) is 11.4 Å². The second kappa shape index (κ2) is 6.81. The van der Waals surface area contributed by atoms with Gasteiger partial charge in [-0.1, -0.05) is 24.3 Å². The average molecular weight is 265 g/mol. The summed E-state index contributed by atoms with van der Waals surface area (Å²) in [5.41, 5.74) is 2.48. The van der Waals surface area contributed by atoms with E-state index in [9.17, 15) is 4.79 Å². The van der Waals surface area contributed by atoms with E-state index in [4.69, 9.17) is 5.11 Å². The number of aliphatic hydroxyl groups excluding tert-OH is 1. The van der Waals surface area contributed by atoms with E-state index in [1.54, 1.807) is 11.8 Å². The molecule has 4 heteroatoms. The van der Waals surface area contributed by atoms with E-state index in [1.165, 1.54) is 11.1 Å². The fraction of sp³-hybridized carbons (Fsp3) is 0.500. The predicted molar refractivity (Wildman–Crippen MR) is 74.9 cm³/mol. The summed E-state index contributed by atoms with van der Waals surface area (Å²) in [7, 11) is 0. The number of fused-ring (bicyclic) bond motifs is 1. The molecule has 0 bridgehead atoms. The summed E-state index contributed by atoms with van der Waals surface area (Å²) in [6.07, 6.45) is 1.70. The average Bonchev–Trinajstić information content (AvgIpc) is 2.35. The van der Waals surface area contributed by atoms with Gasteiger partial charge in [0.25, 0.3) is 0 Å². The summed E-state index contributed by atoms with van der Waals surface area (Å²) in [6.45, 7) is 0.964. The second-order valence-electron chi connectivity index (χ2n) is 4.44. The van der Waals surface area contributed by atoms with E-state index in [1.807, 2.05) is 18.2 Å². The standard InChI is InChI=1S/C14H19NO2S/c16-7-3-8-18-9-6-15-14(17)13-10-11-4-1-2-5-12(11)13/h1-2,4-5,13,16H,3,6-10H2,(H,15,17). The molecule has 0 radical (unpaired) electrons. The third kappa shape index (κ3) is 3.27. The highest BCUT2D eigenvalue weighted by atomic mass is 32.2. The van der Waals surface area contributed by atoms with Gasteiger partial charge in [0.1, 0.15) is 0 Å². The third-order valence-electron chi connectivity index (χ3n) is 3.16. The van der Waals surface area contributed by atoms with E-state index < -0.39 is 0 Å². The third-order valence-corrected chi connectivity index (χ3v) is 4.23. The zero-order chi connectivity index (χ0) is 12.8. The highest BCUT2D eigenvalue weighted by Gasteiger charge is 2.31. The lowest BCUT2D eigenvalue weighted by molar-refractivity contribution is -0.122. The number of benzene rings is 1. The number of thioether (sulfide) groups is 1. The molecule has 0 spiro atoms. The first-order valence-corrected chi connectivity index (χ1v) is 7.52. The Morgan fingerprint density at radius 3 is 3.00 bits per heavy atom. The van der Waals surface area contributed by atoms with E-state index in [0.29, 0.717) is 6.54 Å². The van der Waals surface area contributed by atoms with Crippen LogP contribution in [-0.4, -0.2) is 35.7 Å². The molecule has 0 aliphatic heterocycles. The van der Waals surface area contributed by atoms with Crippen molar-refractivity contribution < 1.29 is 9.90 Å². The Morgan fingerprint density at radius 2 is 2.22 bits per heavy atom. The van der Waals surface area contributed by atoms with Gasteiger partial charge in [0, 0.05) is 18.9 Å². The van der Waals surface area contributed by atoms with Gasteiger partial charge in [-0.2, -0.15) is 11.8 Å². The Hall–Kier alpha value is -1.00. The van der Waals surface area contributed by atoms with Gasteiger partial charge in [-0.15, -0.1) is 0 Å². The lowest BCUT2D eigenvalue weighted by atomic mass is 9.77. The Balaban J connectivity index is 1.65. The summed E-state index contributed by atoms with van der Waals surface area (Å²) in [5, 5.41) is 11.6. The SMILES string of the molecule is O=C(NCCSCCCO)C1Cc2ccccc21. The van der Waals surface area contributed by atoms with Gasteiger partial charge in [0.05, 0.1) is 5.92 Å². The maximum Gasteiger partial charge on any atom is 0.227 e. The van der Waals surface area contributed by atoms with E-state index in [-0.39, 0.29) is 18.4 Å². The molecule has 0 aromatic heterocycles. The molecule has 1 aromatic rings. The van der Waals surface area contributed by atoms with Crippen molar-refractivity contribution in [1.82, 2.24) is 5.32 Å². The quantitative estimate of drug-likeness (QED) is 0.736. The number of amides is 1. The minimum Gasteiger partial charge on any atom is -0.396 e. The maximum absolute atomic E-state index is 11.9. The van der Waals surface area contributed by atoms with E-state index >= 15 is 0 Å². The molecule has 2 N–H and O–H groups in total. The zero-order valence-corrected chi connectivity index (χ0v) is 11.2. The molecule has 1 aromatic carbocycles. The molecule has 1 atom stereocenters. The minimum atomic E-state index is 0.0589. The van der Waals surface area contributed by atoms with Crippen molar-refractivity contribution >= 4 is 17.7 Å². The summed E-state index contributed by atoms with van der Waals surface area (Å²) in [6, 6.07) is 8.14. The summed E-state index contributed by atoms with van der Waals surface area (Å²) in [5.74, 6) is 2.08. The topological polar surface area (TPSA) is 49.3 Å². The molecular formula is C14H19NO2S. The smallest absolute Gasteiger partial charge is 0.227 e. The predicted octanol–water partition coefficient (Wildman–Crippen LogP) is 1.56. The van der Waals surface area contributed by atoms with Crippen LogP contribution in [0.5, 0.6) is 0 Å². The summed E-state index contributed by atoms with van der Waals surface area (Å²) >= 11 is 1.77. The molecule has 0 heterocycles. The van der Waals surface area contributed by atoms with Gasteiger partial charge in [-0.25, -0.2) is 0 Å². The van der Waals surface area contributed by atoms with Crippen molar-refractivity contribution in [3.05, 3.63) is 35.4 Å². The van der Waals surface area contributed by atoms with Crippen LogP contribution in [0.1, 0.15) is 23.5 Å². The molecule has 2 rings (SSSR count).